The van der Waals surface area contributed by atoms with Crippen LogP contribution in [0.2, 0.25) is 0 Å². The van der Waals surface area contributed by atoms with Crippen LogP contribution in [0.5, 0.6) is 0 Å². The Labute approximate surface area is 301 Å². The molecule has 2 rings (SSSR count). The molecular formula is C46H82N2. The Morgan fingerprint density at radius 1 is 0.396 bits per heavy atom. The summed E-state index contributed by atoms with van der Waals surface area (Å²) in [4.78, 5) is 5.20. The molecule has 0 aliphatic carbocycles. The minimum atomic E-state index is 1.10. The number of aromatic nitrogens is 2. The summed E-state index contributed by atoms with van der Waals surface area (Å²) in [5.41, 5.74) is 2.77. The molecule has 0 N–H and O–H groups in total. The second-order valence-corrected chi connectivity index (χ2v) is 15.3. The van der Waals surface area contributed by atoms with Crippen LogP contribution in [0, 0.1) is 0 Å². The van der Waals surface area contributed by atoms with Crippen molar-refractivity contribution in [3.63, 3.8) is 0 Å². The molecule has 0 fully saturated rings. The summed E-state index contributed by atoms with van der Waals surface area (Å²) < 4.78 is 2.55. The zero-order valence-corrected chi connectivity index (χ0v) is 32.6. The second kappa shape index (κ2) is 32.6. The SMILES string of the molecule is CCCCCCCCCCCCCCCCCCn1cc(CCCc2ccccc2)nc1CCCCCCCCCCCCCCCC. The van der Waals surface area contributed by atoms with Crippen LogP contribution in [0.25, 0.3) is 0 Å². The maximum Gasteiger partial charge on any atom is 0.108 e. The Kier molecular flexibility index (Phi) is 29.0. The number of aryl methyl sites for hydroxylation is 4. The van der Waals surface area contributed by atoms with Crippen molar-refractivity contribution in [1.82, 2.24) is 9.55 Å². The lowest BCUT2D eigenvalue weighted by Gasteiger charge is -2.08. The van der Waals surface area contributed by atoms with E-state index in [0.29, 0.717) is 0 Å². The molecule has 0 bridgehead atoms. The molecule has 2 heteroatoms. The van der Waals surface area contributed by atoms with Crippen molar-refractivity contribution in [2.24, 2.45) is 0 Å². The quantitative estimate of drug-likeness (QED) is 0.0664. The van der Waals surface area contributed by atoms with Crippen molar-refractivity contribution in [3.8, 4) is 0 Å². The molecule has 0 saturated heterocycles. The average molecular weight is 663 g/mol. The highest BCUT2D eigenvalue weighted by Crippen LogP contribution is 2.18. The van der Waals surface area contributed by atoms with Gasteiger partial charge in [-0.15, -0.1) is 0 Å². The first-order valence-electron chi connectivity index (χ1n) is 21.9. The van der Waals surface area contributed by atoms with E-state index in [1.807, 2.05) is 0 Å². The molecule has 2 aromatic rings. The van der Waals surface area contributed by atoms with Gasteiger partial charge in [-0.3, -0.25) is 0 Å². The van der Waals surface area contributed by atoms with E-state index in [1.54, 1.807) is 0 Å². The summed E-state index contributed by atoms with van der Waals surface area (Å²) in [6.45, 7) is 5.78. The summed E-state index contributed by atoms with van der Waals surface area (Å²) in [6.07, 6.45) is 49.9. The van der Waals surface area contributed by atoms with E-state index in [2.05, 4.69) is 54.9 Å². The Hall–Kier alpha value is -1.57. The van der Waals surface area contributed by atoms with Gasteiger partial charge in [-0.25, -0.2) is 4.98 Å². The Morgan fingerprint density at radius 2 is 0.792 bits per heavy atom. The monoisotopic (exact) mass is 663 g/mol. The van der Waals surface area contributed by atoms with Gasteiger partial charge in [-0.05, 0) is 37.7 Å². The van der Waals surface area contributed by atoms with Crippen LogP contribution in [-0.4, -0.2) is 9.55 Å². The van der Waals surface area contributed by atoms with Crippen molar-refractivity contribution >= 4 is 0 Å². The van der Waals surface area contributed by atoms with Crippen LogP contribution < -0.4 is 0 Å². The first kappa shape index (κ1) is 42.6. The third-order valence-electron chi connectivity index (χ3n) is 10.7. The van der Waals surface area contributed by atoms with Gasteiger partial charge in [-0.1, -0.05) is 224 Å². The van der Waals surface area contributed by atoms with Gasteiger partial charge in [0.1, 0.15) is 5.82 Å². The van der Waals surface area contributed by atoms with E-state index < -0.39 is 0 Å². The van der Waals surface area contributed by atoms with Crippen LogP contribution >= 0.6 is 0 Å². The Bertz CT molecular complexity index is 915. The number of unbranched alkanes of at least 4 members (excludes halogenated alkanes) is 28. The van der Waals surface area contributed by atoms with Gasteiger partial charge in [-0.2, -0.15) is 0 Å². The summed E-state index contributed by atoms with van der Waals surface area (Å²) in [7, 11) is 0. The molecule has 48 heavy (non-hydrogen) atoms. The Morgan fingerprint density at radius 3 is 1.23 bits per heavy atom. The molecule has 0 unspecified atom stereocenters. The maximum absolute atomic E-state index is 5.20. The normalized spacial score (nSPS) is 11.5. The molecular weight excluding hydrogens is 581 g/mol. The molecule has 0 amide bonds. The van der Waals surface area contributed by atoms with Gasteiger partial charge in [0.25, 0.3) is 0 Å². The highest BCUT2D eigenvalue weighted by Gasteiger charge is 2.09. The fraction of sp³-hybridized carbons (Fsp3) is 0.804. The van der Waals surface area contributed by atoms with E-state index in [-0.39, 0.29) is 0 Å². The second-order valence-electron chi connectivity index (χ2n) is 15.3. The number of nitrogens with zero attached hydrogens (tertiary/aromatic N) is 2. The molecule has 1 aromatic carbocycles. The fourth-order valence-electron chi connectivity index (χ4n) is 7.45. The minimum absolute atomic E-state index is 1.10. The van der Waals surface area contributed by atoms with E-state index in [4.69, 9.17) is 4.98 Å². The lowest BCUT2D eigenvalue weighted by molar-refractivity contribution is 0.513. The van der Waals surface area contributed by atoms with Crippen molar-refractivity contribution in [2.45, 2.75) is 239 Å². The summed E-state index contributed by atoms with van der Waals surface area (Å²) in [6, 6.07) is 11.0. The predicted molar refractivity (Wildman–Crippen MR) is 214 cm³/mol. The molecule has 0 spiro atoms. The largest absolute Gasteiger partial charge is 0.335 e. The number of hydrogen-bond donors (Lipinski definition) is 0. The highest BCUT2D eigenvalue weighted by atomic mass is 15.1. The van der Waals surface area contributed by atoms with Crippen LogP contribution in [0.3, 0.4) is 0 Å². The summed E-state index contributed by atoms with van der Waals surface area (Å²) in [5.74, 6) is 1.37. The first-order chi connectivity index (χ1) is 23.8. The molecule has 0 aliphatic rings. The van der Waals surface area contributed by atoms with Crippen molar-refractivity contribution in [3.05, 3.63) is 53.6 Å². The van der Waals surface area contributed by atoms with Gasteiger partial charge in [0.2, 0.25) is 0 Å². The maximum atomic E-state index is 5.20. The van der Waals surface area contributed by atoms with Crippen molar-refractivity contribution < 1.29 is 0 Å². The third kappa shape index (κ3) is 24.5. The third-order valence-corrected chi connectivity index (χ3v) is 10.7. The molecule has 1 heterocycles. The van der Waals surface area contributed by atoms with Crippen LogP contribution in [0.1, 0.15) is 230 Å². The Balaban J connectivity index is 1.56. The van der Waals surface area contributed by atoms with Crippen LogP contribution in [-0.2, 0) is 25.8 Å². The lowest BCUT2D eigenvalue weighted by Crippen LogP contribution is -2.03. The highest BCUT2D eigenvalue weighted by molar-refractivity contribution is 5.15. The number of benzene rings is 1. The van der Waals surface area contributed by atoms with E-state index in [0.717, 1.165) is 25.8 Å². The van der Waals surface area contributed by atoms with Crippen LogP contribution in [0.15, 0.2) is 36.5 Å². The van der Waals surface area contributed by atoms with Gasteiger partial charge in [0.15, 0.2) is 0 Å². The van der Waals surface area contributed by atoms with Crippen molar-refractivity contribution in [2.75, 3.05) is 0 Å². The predicted octanol–water partition coefficient (Wildman–Crippen LogP) is 15.3. The van der Waals surface area contributed by atoms with Gasteiger partial charge < -0.3 is 4.57 Å². The van der Waals surface area contributed by atoms with E-state index in [1.165, 1.54) is 216 Å². The van der Waals surface area contributed by atoms with Gasteiger partial charge in [0.05, 0.1) is 5.69 Å². The molecule has 2 nitrogen and oxygen atoms in total. The zero-order valence-electron chi connectivity index (χ0n) is 32.6. The smallest absolute Gasteiger partial charge is 0.108 e. The van der Waals surface area contributed by atoms with Crippen molar-refractivity contribution in [1.29, 1.82) is 0 Å². The van der Waals surface area contributed by atoms with Crippen LogP contribution in [0.4, 0.5) is 0 Å². The fourth-order valence-corrected chi connectivity index (χ4v) is 7.45. The minimum Gasteiger partial charge on any atom is -0.335 e. The summed E-state index contributed by atoms with van der Waals surface area (Å²) >= 11 is 0. The number of hydrogen-bond acceptors (Lipinski definition) is 1. The average Bonchev–Trinajstić information content (AvgIpc) is 3.49. The molecule has 0 atom stereocenters. The van der Waals surface area contributed by atoms with E-state index in [9.17, 15) is 0 Å². The molecule has 276 valence electrons. The van der Waals surface area contributed by atoms with Gasteiger partial charge >= 0.3 is 0 Å². The standard InChI is InChI=1S/C46H82N2/c1-3-5-7-9-11-13-15-17-19-20-22-24-26-28-30-35-42-48-43-45(40-36-39-44-37-32-31-33-38-44)47-46(48)41-34-29-27-25-23-21-18-16-14-12-10-8-6-4-2/h31-33,37-38,43H,3-30,34-36,39-42H2,1-2H3. The molecule has 0 radical (unpaired) electrons. The molecule has 1 aromatic heterocycles. The van der Waals surface area contributed by atoms with Gasteiger partial charge in [0, 0.05) is 19.2 Å². The molecule has 0 saturated carbocycles. The first-order valence-corrected chi connectivity index (χ1v) is 21.9. The summed E-state index contributed by atoms with van der Waals surface area (Å²) in [5, 5.41) is 0. The molecule has 0 aliphatic heterocycles. The zero-order chi connectivity index (χ0) is 34.0. The lowest BCUT2D eigenvalue weighted by atomic mass is 10.0. The topological polar surface area (TPSA) is 17.8 Å². The number of imidazole rings is 1. The van der Waals surface area contributed by atoms with E-state index >= 15 is 0 Å². The number of rotatable bonds is 36.